The highest BCUT2D eigenvalue weighted by atomic mass is 19.1. The van der Waals surface area contributed by atoms with E-state index in [1.165, 1.54) is 12.1 Å². The van der Waals surface area contributed by atoms with E-state index in [2.05, 4.69) is 5.32 Å². The van der Waals surface area contributed by atoms with Gasteiger partial charge in [0.2, 0.25) is 12.7 Å². The van der Waals surface area contributed by atoms with Crippen LogP contribution in [0.2, 0.25) is 0 Å². The normalized spacial score (nSPS) is 18.0. The molecule has 2 heterocycles. The Bertz CT molecular complexity index is 869. The van der Waals surface area contributed by atoms with Crippen LogP contribution in [-0.4, -0.2) is 42.6 Å². The maximum atomic E-state index is 13.0. The van der Waals surface area contributed by atoms with Gasteiger partial charge in [0.15, 0.2) is 11.5 Å². The number of hydrogen-bond donors (Lipinski definition) is 1. The van der Waals surface area contributed by atoms with Gasteiger partial charge in [0.05, 0.1) is 6.04 Å². The summed E-state index contributed by atoms with van der Waals surface area (Å²) in [7, 11) is 0. The zero-order valence-electron chi connectivity index (χ0n) is 14.6. The van der Waals surface area contributed by atoms with Crippen LogP contribution in [-0.2, 0) is 11.2 Å². The number of rotatable bonds is 5. The van der Waals surface area contributed by atoms with Crippen molar-refractivity contribution in [2.45, 2.75) is 18.9 Å². The van der Waals surface area contributed by atoms with Gasteiger partial charge >= 0.3 is 0 Å². The average molecular weight is 370 g/mol. The van der Waals surface area contributed by atoms with E-state index >= 15 is 0 Å². The molecule has 6 nitrogen and oxygen atoms in total. The molecular weight excluding hydrogens is 351 g/mol. The zero-order valence-corrected chi connectivity index (χ0v) is 14.6. The van der Waals surface area contributed by atoms with Gasteiger partial charge in [0.25, 0.3) is 5.91 Å². The quantitative estimate of drug-likeness (QED) is 0.876. The zero-order chi connectivity index (χ0) is 18.8. The number of halogens is 1. The minimum absolute atomic E-state index is 0.00750. The number of fused-ring (bicyclic) bond motifs is 1. The summed E-state index contributed by atoms with van der Waals surface area (Å²) >= 11 is 0. The summed E-state index contributed by atoms with van der Waals surface area (Å²) in [6, 6.07) is 11.0. The Balaban J connectivity index is 1.32. The summed E-state index contributed by atoms with van der Waals surface area (Å²) in [4.78, 5) is 26.4. The molecule has 140 valence electrons. The maximum Gasteiger partial charge on any atom is 0.251 e. The van der Waals surface area contributed by atoms with Crippen molar-refractivity contribution in [1.29, 1.82) is 0 Å². The van der Waals surface area contributed by atoms with E-state index in [1.807, 2.05) is 0 Å². The molecule has 1 fully saturated rings. The molecule has 2 amide bonds. The van der Waals surface area contributed by atoms with E-state index in [0.29, 0.717) is 36.6 Å². The van der Waals surface area contributed by atoms with Gasteiger partial charge in [0, 0.05) is 25.1 Å². The average Bonchev–Trinajstić information content (AvgIpc) is 3.26. The van der Waals surface area contributed by atoms with Crippen LogP contribution in [0.3, 0.4) is 0 Å². The second-order valence-electron chi connectivity index (χ2n) is 6.66. The first-order chi connectivity index (χ1) is 13.1. The number of benzene rings is 2. The molecule has 2 aromatic carbocycles. The lowest BCUT2D eigenvalue weighted by molar-refractivity contribution is -0.127. The fourth-order valence-electron chi connectivity index (χ4n) is 3.31. The molecule has 7 heteroatoms. The first-order valence-corrected chi connectivity index (χ1v) is 8.81. The van der Waals surface area contributed by atoms with Gasteiger partial charge in [-0.25, -0.2) is 4.39 Å². The molecule has 2 aliphatic rings. The highest BCUT2D eigenvalue weighted by molar-refractivity contribution is 5.95. The third kappa shape index (κ3) is 3.86. The van der Waals surface area contributed by atoms with E-state index in [1.54, 1.807) is 35.2 Å². The lowest BCUT2D eigenvalue weighted by atomic mass is 10.1. The molecule has 0 saturated carbocycles. The van der Waals surface area contributed by atoms with Crippen LogP contribution in [0, 0.1) is 5.82 Å². The maximum absolute atomic E-state index is 13.0. The Morgan fingerprint density at radius 2 is 1.93 bits per heavy atom. The molecule has 27 heavy (non-hydrogen) atoms. The summed E-state index contributed by atoms with van der Waals surface area (Å²) in [5, 5.41) is 2.90. The number of amides is 2. The van der Waals surface area contributed by atoms with E-state index in [9.17, 15) is 14.0 Å². The van der Waals surface area contributed by atoms with Gasteiger partial charge in [-0.3, -0.25) is 9.59 Å². The lowest BCUT2D eigenvalue weighted by Crippen LogP contribution is -2.37. The Morgan fingerprint density at radius 3 is 2.74 bits per heavy atom. The monoisotopic (exact) mass is 370 g/mol. The van der Waals surface area contributed by atoms with Crippen molar-refractivity contribution in [3.05, 3.63) is 59.4 Å². The lowest BCUT2D eigenvalue weighted by Gasteiger charge is -2.17. The van der Waals surface area contributed by atoms with E-state index < -0.39 is 0 Å². The summed E-state index contributed by atoms with van der Waals surface area (Å²) < 4.78 is 23.5. The highest BCUT2D eigenvalue weighted by Crippen LogP contribution is 2.32. The van der Waals surface area contributed by atoms with E-state index in [-0.39, 0.29) is 36.9 Å². The van der Waals surface area contributed by atoms with Crippen LogP contribution in [0.25, 0.3) is 0 Å². The van der Waals surface area contributed by atoms with Crippen LogP contribution in [0.4, 0.5) is 4.39 Å². The van der Waals surface area contributed by atoms with Gasteiger partial charge in [0.1, 0.15) is 5.82 Å². The minimum Gasteiger partial charge on any atom is -0.454 e. The van der Waals surface area contributed by atoms with Crippen molar-refractivity contribution in [3.63, 3.8) is 0 Å². The van der Waals surface area contributed by atoms with Crippen LogP contribution in [0.15, 0.2) is 42.5 Å². The molecule has 1 N–H and O–H groups in total. The Hall–Kier alpha value is -3.09. The largest absolute Gasteiger partial charge is 0.454 e. The summed E-state index contributed by atoms with van der Waals surface area (Å²) in [6.45, 7) is 1.16. The summed E-state index contributed by atoms with van der Waals surface area (Å²) in [5.41, 5.74) is 1.44. The molecule has 0 bridgehead atoms. The van der Waals surface area contributed by atoms with Crippen molar-refractivity contribution >= 4 is 11.8 Å². The first kappa shape index (κ1) is 17.3. The van der Waals surface area contributed by atoms with Crippen molar-refractivity contribution in [2.75, 3.05) is 19.9 Å². The number of carbonyl (C=O) groups excluding carboxylic acids is 2. The second-order valence-corrected chi connectivity index (χ2v) is 6.66. The van der Waals surface area contributed by atoms with Crippen molar-refractivity contribution in [2.24, 2.45) is 0 Å². The fraction of sp³-hybridized carbons (Fsp3) is 0.300. The number of nitrogens with zero attached hydrogens (tertiary/aromatic N) is 1. The molecule has 1 atom stereocenters. The molecule has 2 aromatic rings. The number of ether oxygens (including phenoxy) is 2. The minimum atomic E-state index is -0.276. The molecule has 0 radical (unpaired) electrons. The second kappa shape index (κ2) is 7.26. The molecule has 1 saturated heterocycles. The molecular formula is C20H19FN2O4. The van der Waals surface area contributed by atoms with Crippen LogP contribution in [0.5, 0.6) is 11.5 Å². The van der Waals surface area contributed by atoms with Crippen LogP contribution < -0.4 is 14.8 Å². The van der Waals surface area contributed by atoms with E-state index in [4.69, 9.17) is 9.47 Å². The number of nitrogens with one attached hydrogen (secondary N) is 1. The van der Waals surface area contributed by atoms with Gasteiger partial charge in [-0.2, -0.15) is 0 Å². The topological polar surface area (TPSA) is 67.9 Å². The van der Waals surface area contributed by atoms with Gasteiger partial charge in [-0.15, -0.1) is 0 Å². The molecule has 0 aliphatic carbocycles. The molecule has 2 aliphatic heterocycles. The van der Waals surface area contributed by atoms with Gasteiger partial charge in [-0.05, 0) is 42.3 Å². The number of hydrogen-bond acceptors (Lipinski definition) is 4. The number of likely N-dealkylation sites (tertiary alicyclic amines) is 1. The Morgan fingerprint density at radius 1 is 1.15 bits per heavy atom. The summed E-state index contributed by atoms with van der Waals surface area (Å²) in [5.74, 6) is 0.655. The highest BCUT2D eigenvalue weighted by Gasteiger charge is 2.30. The predicted molar refractivity (Wildman–Crippen MR) is 95.1 cm³/mol. The first-order valence-electron chi connectivity index (χ1n) is 8.81. The van der Waals surface area contributed by atoms with Crippen molar-refractivity contribution < 1.29 is 23.5 Å². The van der Waals surface area contributed by atoms with Crippen molar-refractivity contribution in [3.8, 4) is 11.5 Å². The Labute approximate surface area is 155 Å². The fourth-order valence-corrected chi connectivity index (χ4v) is 3.31. The smallest absolute Gasteiger partial charge is 0.251 e. The van der Waals surface area contributed by atoms with Gasteiger partial charge < -0.3 is 19.7 Å². The number of carbonyl (C=O) groups is 2. The predicted octanol–water partition coefficient (Wildman–Crippen LogP) is 2.13. The van der Waals surface area contributed by atoms with Crippen molar-refractivity contribution in [1.82, 2.24) is 10.2 Å². The molecule has 4 rings (SSSR count). The molecule has 0 aromatic heterocycles. The molecule has 0 spiro atoms. The summed E-state index contributed by atoms with van der Waals surface area (Å²) in [6.07, 6.45) is 0.925. The third-order valence-corrected chi connectivity index (χ3v) is 4.77. The van der Waals surface area contributed by atoms with Crippen LogP contribution >= 0.6 is 0 Å². The SMILES string of the molecule is O=C(N[C@@H]1CC(=O)N(CCc2ccc(F)cc2)C1)c1ccc2c(c1)OCO2. The molecule has 0 unspecified atom stereocenters. The standard InChI is InChI=1S/C20H19FN2O4/c21-15-4-1-13(2-5-15)7-8-23-11-16(10-19(23)24)22-20(25)14-3-6-17-18(9-14)27-12-26-17/h1-6,9,16H,7-8,10-12H2,(H,22,25)/t16-/m1/s1. The van der Waals surface area contributed by atoms with E-state index in [0.717, 1.165) is 5.56 Å². The third-order valence-electron chi connectivity index (χ3n) is 4.77. The van der Waals surface area contributed by atoms with Crippen LogP contribution in [0.1, 0.15) is 22.3 Å². The van der Waals surface area contributed by atoms with Gasteiger partial charge in [-0.1, -0.05) is 12.1 Å². The Kier molecular flexibility index (Phi) is 4.66.